The molecule has 3 heterocycles. The Hall–Kier alpha value is -5.09. The van der Waals surface area contributed by atoms with Crippen LogP contribution in [0.2, 0.25) is 0 Å². The third kappa shape index (κ3) is 7.19. The molecule has 0 atom stereocenters. The fourth-order valence-corrected chi connectivity index (χ4v) is 5.63. The average molecular weight is 822 g/mol. The molecule has 0 aliphatic rings. The number of pyridine rings is 1. The fraction of sp³-hybridized carbons (Fsp3) is 0.136. The van der Waals surface area contributed by atoms with Gasteiger partial charge in [0.15, 0.2) is 0 Å². The zero-order valence-electron chi connectivity index (χ0n) is 33.3. The monoisotopic (exact) mass is 822 g/mol. The van der Waals surface area contributed by atoms with Crippen molar-refractivity contribution >= 4 is 22.0 Å². The minimum atomic E-state index is -2.18. The summed E-state index contributed by atoms with van der Waals surface area (Å²) in [7, 11) is 0. The smallest absolute Gasteiger partial charge is 0.0774 e. The number of rotatable bonds is 4. The maximum absolute atomic E-state index is 7.28. The Morgan fingerprint density at radius 1 is 0.755 bits per heavy atom. The van der Waals surface area contributed by atoms with E-state index in [0.29, 0.717) is 11.3 Å². The van der Waals surface area contributed by atoms with Crippen LogP contribution in [-0.4, -0.2) is 14.5 Å². The topological polar surface area (TPSA) is 43.9 Å². The fourth-order valence-electron chi connectivity index (χ4n) is 5.63. The molecule has 0 N–H and O–H groups in total. The third-order valence-corrected chi connectivity index (χ3v) is 8.25. The van der Waals surface area contributed by atoms with Gasteiger partial charge in [0, 0.05) is 52.1 Å². The van der Waals surface area contributed by atoms with Gasteiger partial charge in [-0.1, -0.05) is 117 Å². The van der Waals surface area contributed by atoms with Gasteiger partial charge in [0.1, 0.15) is 0 Å². The molecule has 0 saturated carbocycles. The van der Waals surface area contributed by atoms with Crippen LogP contribution in [0, 0.1) is 26.0 Å². The number of benzene rings is 5. The number of nitrogens with zero attached hydrogens (tertiary/aromatic N) is 3. The summed E-state index contributed by atoms with van der Waals surface area (Å²) in [6.07, 6.45) is 4.46. The van der Waals surface area contributed by atoms with Crippen molar-refractivity contribution in [3.63, 3.8) is 0 Å². The van der Waals surface area contributed by atoms with Gasteiger partial charge in [-0.15, -0.1) is 41.5 Å². The molecule has 0 unspecified atom stereocenters. The first-order chi connectivity index (χ1) is 25.7. The number of imidazole rings is 1. The standard InChI is InChI=1S/C31H25N2O.C13H12N.Ir/c1-31(2,3)23-15-18-25-26(20-34-29(25)19-23)30-32-27-11-7-8-12-28(27)33(30)24-16-13-22(14-17-24)21-9-5-4-6-10-21;1-10-3-6-12(7-4-10)13-8-5-11(2)9-14-13;/h4-19H,1-3H3;3-6,8-9H,1-2H3;/q2*-1;/i;1D3,2D3;. The van der Waals surface area contributed by atoms with Crippen LogP contribution in [0.4, 0.5) is 0 Å². The molecule has 4 nitrogen and oxygen atoms in total. The van der Waals surface area contributed by atoms with Gasteiger partial charge >= 0.3 is 0 Å². The number of hydrogen-bond acceptors (Lipinski definition) is 3. The quantitative estimate of drug-likeness (QED) is 0.166. The molecule has 8 rings (SSSR count). The van der Waals surface area contributed by atoms with Crippen molar-refractivity contribution in [1.82, 2.24) is 14.5 Å². The van der Waals surface area contributed by atoms with E-state index in [4.69, 9.17) is 17.6 Å². The molecule has 3 aromatic heterocycles. The second kappa shape index (κ2) is 14.2. The van der Waals surface area contributed by atoms with E-state index in [-0.39, 0.29) is 36.6 Å². The summed E-state index contributed by atoms with van der Waals surface area (Å²) in [6.45, 7) is 2.29. The Bertz CT molecular complexity index is 2480. The van der Waals surface area contributed by atoms with Gasteiger partial charge in [-0.05, 0) is 64.5 Å². The van der Waals surface area contributed by atoms with Gasteiger partial charge in [-0.2, -0.15) is 0 Å². The molecule has 49 heavy (non-hydrogen) atoms. The van der Waals surface area contributed by atoms with Crippen molar-refractivity contribution in [1.29, 1.82) is 0 Å². The SMILES string of the molecule is CC(C)(C)c1ccc2c(-c3nc4ccccc4n3-c3ccc(-c4ccccc4)cc3)[c-]oc2c1.[2H]C([2H])([2H])c1c[c-]c(-c2ccc(C([2H])([2H])[2H])cn2)cc1.[Ir]. The Morgan fingerprint density at radius 3 is 2.18 bits per heavy atom. The first-order valence-electron chi connectivity index (χ1n) is 18.7. The van der Waals surface area contributed by atoms with E-state index < -0.39 is 13.7 Å². The van der Waals surface area contributed by atoms with Crippen LogP contribution in [0.25, 0.3) is 61.5 Å². The molecule has 0 saturated heterocycles. The predicted octanol–water partition coefficient (Wildman–Crippen LogP) is 11.4. The Kier molecular flexibility index (Phi) is 7.76. The molecular formula is C44H37IrN3O-2. The Morgan fingerprint density at radius 2 is 1.49 bits per heavy atom. The molecule has 8 aromatic rings. The van der Waals surface area contributed by atoms with Crippen molar-refractivity contribution in [3.05, 3.63) is 163 Å². The van der Waals surface area contributed by atoms with E-state index in [0.717, 1.165) is 39.1 Å². The molecule has 0 amide bonds. The molecule has 5 aromatic carbocycles. The third-order valence-electron chi connectivity index (χ3n) is 8.25. The Labute approximate surface area is 310 Å². The van der Waals surface area contributed by atoms with E-state index in [1.54, 1.807) is 12.1 Å². The second-order valence-corrected chi connectivity index (χ2v) is 12.6. The predicted molar refractivity (Wildman–Crippen MR) is 197 cm³/mol. The molecule has 0 fully saturated rings. The summed E-state index contributed by atoms with van der Waals surface area (Å²) in [5.41, 5.74) is 9.98. The van der Waals surface area contributed by atoms with E-state index >= 15 is 0 Å². The van der Waals surface area contributed by atoms with Crippen LogP contribution < -0.4 is 0 Å². The zero-order chi connectivity index (χ0) is 38.3. The first kappa shape index (κ1) is 26.8. The molecule has 0 spiro atoms. The van der Waals surface area contributed by atoms with Gasteiger partial charge in [0.25, 0.3) is 0 Å². The Balaban J connectivity index is 0.000000211. The zero-order valence-corrected chi connectivity index (χ0v) is 29.7. The maximum atomic E-state index is 7.28. The molecule has 1 radical (unpaired) electrons. The van der Waals surface area contributed by atoms with Gasteiger partial charge < -0.3 is 14.0 Å². The maximum Gasteiger partial charge on any atom is 0.0774 e. The van der Waals surface area contributed by atoms with Crippen LogP contribution in [0.5, 0.6) is 0 Å². The van der Waals surface area contributed by atoms with Crippen molar-refractivity contribution in [2.75, 3.05) is 0 Å². The normalized spacial score (nSPS) is 13.5. The molecule has 0 bridgehead atoms. The number of hydrogen-bond donors (Lipinski definition) is 0. The second-order valence-electron chi connectivity index (χ2n) is 12.6. The molecule has 0 aliphatic heterocycles. The summed E-state index contributed by atoms with van der Waals surface area (Å²) < 4.78 is 51.8. The molecule has 0 aliphatic carbocycles. The van der Waals surface area contributed by atoms with Crippen molar-refractivity contribution in [2.45, 2.75) is 39.9 Å². The van der Waals surface area contributed by atoms with Gasteiger partial charge in [-0.3, -0.25) is 4.98 Å². The number of fused-ring (bicyclic) bond motifs is 2. The van der Waals surface area contributed by atoms with E-state index in [1.165, 1.54) is 41.1 Å². The minimum Gasteiger partial charge on any atom is -0.557 e. The van der Waals surface area contributed by atoms with Gasteiger partial charge in [0.05, 0.1) is 16.9 Å². The van der Waals surface area contributed by atoms with E-state index in [2.05, 4.69) is 122 Å². The summed E-state index contributed by atoms with van der Waals surface area (Å²) in [6, 6.07) is 44.2. The van der Waals surface area contributed by atoms with Crippen molar-refractivity contribution < 1.29 is 32.7 Å². The van der Waals surface area contributed by atoms with Crippen LogP contribution in [0.1, 0.15) is 45.7 Å². The van der Waals surface area contributed by atoms with E-state index in [9.17, 15) is 0 Å². The van der Waals surface area contributed by atoms with Crippen LogP contribution in [0.15, 0.2) is 138 Å². The van der Waals surface area contributed by atoms with Crippen molar-refractivity contribution in [2.24, 2.45) is 0 Å². The molecule has 5 heteroatoms. The summed E-state index contributed by atoms with van der Waals surface area (Å²) >= 11 is 0. The molecular weight excluding hydrogens is 779 g/mol. The largest absolute Gasteiger partial charge is 0.557 e. The number of furan rings is 1. The summed E-state index contributed by atoms with van der Waals surface area (Å²) in [5, 5.41) is 1.02. The van der Waals surface area contributed by atoms with Gasteiger partial charge in [0.2, 0.25) is 0 Å². The molecule has 245 valence electrons. The average Bonchev–Trinajstić information content (AvgIpc) is 3.76. The summed E-state index contributed by atoms with van der Waals surface area (Å²) in [4.78, 5) is 9.08. The van der Waals surface area contributed by atoms with Crippen LogP contribution in [0.3, 0.4) is 0 Å². The minimum absolute atomic E-state index is 0. The number of aryl methyl sites for hydroxylation is 2. The van der Waals surface area contributed by atoms with E-state index in [1.807, 2.05) is 18.2 Å². The van der Waals surface area contributed by atoms with Gasteiger partial charge in [-0.25, -0.2) is 0 Å². The van der Waals surface area contributed by atoms with Crippen LogP contribution in [-0.2, 0) is 25.5 Å². The van der Waals surface area contributed by atoms with Crippen LogP contribution >= 0.6 is 0 Å². The first-order valence-corrected chi connectivity index (χ1v) is 15.7. The van der Waals surface area contributed by atoms with Crippen molar-refractivity contribution in [3.8, 4) is 39.5 Å². The number of para-hydroxylation sites is 2. The summed E-state index contributed by atoms with van der Waals surface area (Å²) in [5.74, 6) is 0.830. The number of aromatic nitrogens is 3.